The maximum Gasteiger partial charge on any atom is 0.417 e. The molecule has 1 N–H and O–H groups in total. The molecule has 144 valence electrons. The second-order valence-corrected chi connectivity index (χ2v) is 7.66. The first-order valence-corrected chi connectivity index (χ1v) is 8.96. The fourth-order valence-electron chi connectivity index (χ4n) is 4.39. The predicted octanol–water partition coefficient (Wildman–Crippen LogP) is 2.73. The van der Waals surface area contributed by atoms with Gasteiger partial charge >= 0.3 is 12.1 Å². The standard InChI is InChI=1S/C18H19F3N4O2/c1-9-2-3-25(9)17-11(6-22)14(18(19,20)21)5-15(23-17)24-7-12-10(4-16(26)27)13(12)8-24/h5,9-10,12-13H,2-4,7-8H2,1H3,(H,26,27)/t9-,10?,12-,13+/m0/s1. The van der Waals surface area contributed by atoms with Crippen LogP contribution in [0.15, 0.2) is 6.07 Å². The van der Waals surface area contributed by atoms with Crippen molar-refractivity contribution in [2.75, 3.05) is 29.4 Å². The summed E-state index contributed by atoms with van der Waals surface area (Å²) >= 11 is 0. The van der Waals surface area contributed by atoms with Crippen LogP contribution in [0, 0.1) is 29.1 Å². The Balaban J connectivity index is 1.65. The lowest BCUT2D eigenvalue weighted by molar-refractivity contribution is -0.138. The van der Waals surface area contributed by atoms with Crippen molar-refractivity contribution in [2.45, 2.75) is 32.0 Å². The first-order valence-electron chi connectivity index (χ1n) is 8.96. The molecule has 0 radical (unpaired) electrons. The van der Waals surface area contributed by atoms with E-state index in [0.29, 0.717) is 19.6 Å². The highest BCUT2D eigenvalue weighted by Gasteiger charge is 2.56. The molecule has 1 saturated carbocycles. The molecule has 1 aromatic rings. The topological polar surface area (TPSA) is 80.5 Å². The lowest BCUT2D eigenvalue weighted by atomic mass is 10.0. The van der Waals surface area contributed by atoms with Gasteiger partial charge in [0.05, 0.1) is 5.56 Å². The SMILES string of the molecule is C[C@H]1CCN1c1nc(N2C[C@@H]3C(CC(=O)O)[C@@H]3C2)cc(C(F)(F)F)c1C#N. The van der Waals surface area contributed by atoms with E-state index in [2.05, 4.69) is 4.98 Å². The minimum absolute atomic E-state index is 0.0489. The van der Waals surface area contributed by atoms with Crippen LogP contribution in [0.3, 0.4) is 0 Å². The highest BCUT2D eigenvalue weighted by Crippen LogP contribution is 2.54. The normalized spacial score (nSPS) is 29.1. The second kappa shape index (κ2) is 6.01. The van der Waals surface area contributed by atoms with Crippen molar-refractivity contribution in [3.05, 3.63) is 17.2 Å². The number of anilines is 2. The molecule has 1 aliphatic carbocycles. The van der Waals surface area contributed by atoms with Gasteiger partial charge in [-0.25, -0.2) is 4.98 Å². The van der Waals surface area contributed by atoms with Crippen LogP contribution in [0.1, 0.15) is 30.9 Å². The Kier molecular flexibility index (Phi) is 3.98. The molecule has 4 atom stereocenters. The van der Waals surface area contributed by atoms with Gasteiger partial charge in [-0.15, -0.1) is 0 Å². The van der Waals surface area contributed by atoms with Crippen LogP contribution in [-0.4, -0.2) is 41.7 Å². The third-order valence-corrected chi connectivity index (χ3v) is 6.10. The van der Waals surface area contributed by atoms with E-state index in [9.17, 15) is 23.2 Å². The summed E-state index contributed by atoms with van der Waals surface area (Å²) in [5.41, 5.74) is -1.38. The summed E-state index contributed by atoms with van der Waals surface area (Å²) in [4.78, 5) is 18.8. The summed E-state index contributed by atoms with van der Waals surface area (Å²) < 4.78 is 40.7. The number of rotatable bonds is 4. The highest BCUT2D eigenvalue weighted by molar-refractivity contribution is 5.68. The highest BCUT2D eigenvalue weighted by atomic mass is 19.4. The number of alkyl halides is 3. The monoisotopic (exact) mass is 380 g/mol. The van der Waals surface area contributed by atoms with E-state index in [1.54, 1.807) is 15.9 Å². The summed E-state index contributed by atoms with van der Waals surface area (Å²) in [6.07, 6.45) is -3.68. The Hall–Kier alpha value is -2.50. The minimum Gasteiger partial charge on any atom is -0.481 e. The Morgan fingerprint density at radius 3 is 2.52 bits per heavy atom. The molecule has 0 aromatic carbocycles. The molecule has 0 spiro atoms. The lowest BCUT2D eigenvalue weighted by Crippen LogP contribution is -2.47. The van der Waals surface area contributed by atoms with Crippen molar-refractivity contribution in [3.63, 3.8) is 0 Å². The summed E-state index contributed by atoms with van der Waals surface area (Å²) in [6, 6.07) is 2.71. The molecular formula is C18H19F3N4O2. The Bertz CT molecular complexity index is 823. The Labute approximate surface area is 154 Å². The maximum absolute atomic E-state index is 13.6. The fraction of sp³-hybridized carbons (Fsp3) is 0.611. The van der Waals surface area contributed by atoms with E-state index >= 15 is 0 Å². The van der Waals surface area contributed by atoms with Gasteiger partial charge in [-0.3, -0.25) is 4.79 Å². The molecule has 0 amide bonds. The Morgan fingerprint density at radius 2 is 2.07 bits per heavy atom. The lowest BCUT2D eigenvalue weighted by Gasteiger charge is -2.41. The van der Waals surface area contributed by atoms with Crippen LogP contribution < -0.4 is 9.80 Å². The van der Waals surface area contributed by atoms with Crippen LogP contribution in [-0.2, 0) is 11.0 Å². The number of carboxylic acids is 1. The van der Waals surface area contributed by atoms with E-state index in [0.717, 1.165) is 12.5 Å². The van der Waals surface area contributed by atoms with Gasteiger partial charge in [0, 0.05) is 32.1 Å². The quantitative estimate of drug-likeness (QED) is 0.865. The number of fused-ring (bicyclic) bond motifs is 1. The van der Waals surface area contributed by atoms with Crippen LogP contribution in [0.2, 0.25) is 0 Å². The molecule has 6 nitrogen and oxygen atoms in total. The molecule has 3 heterocycles. The average Bonchev–Trinajstić information content (AvgIpc) is 3.02. The average molecular weight is 380 g/mol. The molecule has 1 aromatic heterocycles. The minimum atomic E-state index is -4.64. The fourth-order valence-corrected chi connectivity index (χ4v) is 4.39. The van der Waals surface area contributed by atoms with E-state index in [1.807, 2.05) is 6.92 Å². The summed E-state index contributed by atoms with van der Waals surface area (Å²) in [6.45, 7) is 3.49. The zero-order valence-corrected chi connectivity index (χ0v) is 14.7. The summed E-state index contributed by atoms with van der Waals surface area (Å²) in [5.74, 6) is -0.0288. The van der Waals surface area contributed by atoms with Gasteiger partial charge < -0.3 is 14.9 Å². The zero-order chi connectivity index (χ0) is 19.5. The van der Waals surface area contributed by atoms with E-state index in [4.69, 9.17) is 5.11 Å². The van der Waals surface area contributed by atoms with Gasteiger partial charge in [-0.1, -0.05) is 0 Å². The molecule has 3 fully saturated rings. The number of aliphatic carboxylic acids is 1. The number of pyridine rings is 1. The zero-order valence-electron chi connectivity index (χ0n) is 14.7. The number of aromatic nitrogens is 1. The second-order valence-electron chi connectivity index (χ2n) is 7.66. The molecular weight excluding hydrogens is 361 g/mol. The van der Waals surface area contributed by atoms with Gasteiger partial charge in [0.15, 0.2) is 0 Å². The summed E-state index contributed by atoms with van der Waals surface area (Å²) in [7, 11) is 0. The molecule has 1 unspecified atom stereocenters. The smallest absolute Gasteiger partial charge is 0.417 e. The molecule has 27 heavy (non-hydrogen) atoms. The number of halogens is 3. The molecule has 2 saturated heterocycles. The first-order chi connectivity index (χ1) is 12.7. The van der Waals surface area contributed by atoms with Gasteiger partial charge in [0.25, 0.3) is 0 Å². The molecule has 3 aliphatic rings. The molecule has 2 aliphatic heterocycles. The Morgan fingerprint density at radius 1 is 1.41 bits per heavy atom. The van der Waals surface area contributed by atoms with Crippen LogP contribution >= 0.6 is 0 Å². The number of hydrogen-bond donors (Lipinski definition) is 1. The number of carbonyl (C=O) groups is 1. The van der Waals surface area contributed by atoms with Crippen molar-refractivity contribution >= 4 is 17.6 Å². The van der Waals surface area contributed by atoms with Crippen LogP contribution in [0.25, 0.3) is 0 Å². The molecule has 0 bridgehead atoms. The van der Waals surface area contributed by atoms with E-state index < -0.39 is 23.3 Å². The van der Waals surface area contributed by atoms with Crippen molar-refractivity contribution in [2.24, 2.45) is 17.8 Å². The van der Waals surface area contributed by atoms with E-state index in [1.165, 1.54) is 0 Å². The summed E-state index contributed by atoms with van der Waals surface area (Å²) in [5, 5.41) is 18.3. The number of nitriles is 1. The molecule has 9 heteroatoms. The van der Waals surface area contributed by atoms with Crippen LogP contribution in [0.4, 0.5) is 24.8 Å². The van der Waals surface area contributed by atoms with Gasteiger partial charge in [-0.2, -0.15) is 18.4 Å². The van der Waals surface area contributed by atoms with Crippen molar-refractivity contribution in [3.8, 4) is 6.07 Å². The van der Waals surface area contributed by atoms with Gasteiger partial charge in [-0.05, 0) is 37.2 Å². The van der Waals surface area contributed by atoms with Crippen molar-refractivity contribution in [1.82, 2.24) is 4.98 Å². The maximum atomic E-state index is 13.6. The van der Waals surface area contributed by atoms with Crippen LogP contribution in [0.5, 0.6) is 0 Å². The first kappa shape index (κ1) is 17.9. The van der Waals surface area contributed by atoms with Gasteiger partial charge in [0.1, 0.15) is 23.3 Å². The third kappa shape index (κ3) is 2.97. The predicted molar refractivity (Wildman–Crippen MR) is 90.3 cm³/mol. The largest absolute Gasteiger partial charge is 0.481 e. The number of hydrogen-bond acceptors (Lipinski definition) is 5. The number of carboxylic acid groups (broad SMARTS) is 1. The van der Waals surface area contributed by atoms with Crippen molar-refractivity contribution < 1.29 is 23.1 Å². The third-order valence-electron chi connectivity index (χ3n) is 6.10. The number of nitrogens with zero attached hydrogens (tertiary/aromatic N) is 4. The van der Waals surface area contributed by atoms with Gasteiger partial charge in [0.2, 0.25) is 0 Å². The van der Waals surface area contributed by atoms with Crippen molar-refractivity contribution in [1.29, 1.82) is 5.26 Å². The van der Waals surface area contributed by atoms with E-state index in [-0.39, 0.29) is 41.9 Å². The number of piperidine rings is 1. The molecule has 4 rings (SSSR count).